The van der Waals surface area contributed by atoms with Gasteiger partial charge in [0.05, 0.1) is 0 Å². The van der Waals surface area contributed by atoms with E-state index in [-0.39, 0.29) is 12.4 Å². The summed E-state index contributed by atoms with van der Waals surface area (Å²) in [6, 6.07) is 28.6. The SMILES string of the molecule is Cl.c1ccc(CCCCN2CCN(CCCCn3c4ccccc4c4ccccc43)CC2)cc1. The molecule has 0 saturated carbocycles. The van der Waals surface area contributed by atoms with Crippen LogP contribution in [-0.4, -0.2) is 53.6 Å². The molecule has 4 aromatic rings. The van der Waals surface area contributed by atoms with E-state index < -0.39 is 0 Å². The van der Waals surface area contributed by atoms with Crippen molar-refractivity contribution in [1.82, 2.24) is 14.4 Å². The van der Waals surface area contributed by atoms with Crippen molar-refractivity contribution in [2.75, 3.05) is 39.3 Å². The molecule has 0 radical (unpaired) electrons. The predicted octanol–water partition coefficient (Wildman–Crippen LogP) is 6.64. The Hall–Kier alpha value is -2.33. The van der Waals surface area contributed by atoms with E-state index in [0.717, 1.165) is 6.54 Å². The van der Waals surface area contributed by atoms with Crippen LogP contribution >= 0.6 is 12.4 Å². The van der Waals surface area contributed by atoms with E-state index in [1.807, 2.05) is 0 Å². The first kappa shape index (κ1) is 24.8. The van der Waals surface area contributed by atoms with Crippen LogP contribution in [0.3, 0.4) is 0 Å². The first-order chi connectivity index (χ1) is 16.4. The Labute approximate surface area is 210 Å². The summed E-state index contributed by atoms with van der Waals surface area (Å²) in [5, 5.41) is 2.76. The third-order valence-electron chi connectivity index (χ3n) is 7.28. The number of piperazine rings is 1. The molecule has 34 heavy (non-hydrogen) atoms. The quantitative estimate of drug-likeness (QED) is 0.238. The fourth-order valence-electron chi connectivity index (χ4n) is 5.40. The van der Waals surface area contributed by atoms with Crippen molar-refractivity contribution in [3.8, 4) is 0 Å². The topological polar surface area (TPSA) is 11.4 Å². The maximum Gasteiger partial charge on any atom is 0.0491 e. The smallest absolute Gasteiger partial charge is 0.0491 e. The fourth-order valence-corrected chi connectivity index (χ4v) is 5.40. The molecule has 1 aliphatic heterocycles. The van der Waals surface area contributed by atoms with Crippen molar-refractivity contribution < 1.29 is 0 Å². The molecule has 0 aliphatic carbocycles. The van der Waals surface area contributed by atoms with Crippen LogP contribution in [0.1, 0.15) is 31.2 Å². The Bertz CT molecular complexity index is 1090. The van der Waals surface area contributed by atoms with Crippen molar-refractivity contribution in [3.63, 3.8) is 0 Å². The molecule has 1 saturated heterocycles. The maximum absolute atomic E-state index is 2.67. The minimum absolute atomic E-state index is 0. The van der Waals surface area contributed by atoms with Crippen LogP contribution in [0.15, 0.2) is 78.9 Å². The molecule has 1 fully saturated rings. The Kier molecular flexibility index (Phi) is 9.04. The highest BCUT2D eigenvalue weighted by Crippen LogP contribution is 2.29. The van der Waals surface area contributed by atoms with Crippen molar-refractivity contribution in [1.29, 1.82) is 0 Å². The van der Waals surface area contributed by atoms with Crippen LogP contribution in [0, 0.1) is 0 Å². The van der Waals surface area contributed by atoms with Gasteiger partial charge in [0.25, 0.3) is 0 Å². The molecule has 1 aromatic heterocycles. The number of fused-ring (bicyclic) bond motifs is 3. The number of benzene rings is 3. The minimum atomic E-state index is 0. The number of halogens is 1. The first-order valence-electron chi connectivity index (χ1n) is 12.8. The van der Waals surface area contributed by atoms with E-state index in [1.165, 1.54) is 98.7 Å². The molecule has 0 unspecified atom stereocenters. The number of aryl methyl sites for hydroxylation is 2. The van der Waals surface area contributed by atoms with Gasteiger partial charge in [-0.2, -0.15) is 0 Å². The highest BCUT2D eigenvalue weighted by molar-refractivity contribution is 6.07. The summed E-state index contributed by atoms with van der Waals surface area (Å²) in [5.41, 5.74) is 4.22. The molecule has 3 aromatic carbocycles. The Morgan fingerprint density at radius 2 is 0.971 bits per heavy atom. The molecule has 0 bridgehead atoms. The van der Waals surface area contributed by atoms with Gasteiger partial charge in [-0.1, -0.05) is 66.7 Å². The highest BCUT2D eigenvalue weighted by atomic mass is 35.5. The van der Waals surface area contributed by atoms with Gasteiger partial charge >= 0.3 is 0 Å². The van der Waals surface area contributed by atoms with Gasteiger partial charge in [-0.15, -0.1) is 12.4 Å². The lowest BCUT2D eigenvalue weighted by Gasteiger charge is -2.34. The van der Waals surface area contributed by atoms with E-state index in [1.54, 1.807) is 0 Å². The van der Waals surface area contributed by atoms with Gasteiger partial charge in [-0.05, 0) is 62.9 Å². The summed E-state index contributed by atoms with van der Waals surface area (Å²) >= 11 is 0. The number of para-hydroxylation sites is 2. The van der Waals surface area contributed by atoms with Crippen molar-refractivity contribution >= 4 is 34.2 Å². The second-order valence-corrected chi connectivity index (χ2v) is 9.52. The molecular weight excluding hydrogens is 438 g/mol. The third-order valence-corrected chi connectivity index (χ3v) is 7.28. The highest BCUT2D eigenvalue weighted by Gasteiger charge is 2.16. The Balaban J connectivity index is 0.00000274. The summed E-state index contributed by atoms with van der Waals surface area (Å²) in [6.07, 6.45) is 6.34. The molecule has 0 atom stereocenters. The third kappa shape index (κ3) is 6.02. The van der Waals surface area contributed by atoms with Gasteiger partial charge < -0.3 is 14.4 Å². The molecule has 0 spiro atoms. The van der Waals surface area contributed by atoms with Gasteiger partial charge in [-0.3, -0.25) is 0 Å². The van der Waals surface area contributed by atoms with Crippen LogP contribution in [0.5, 0.6) is 0 Å². The van der Waals surface area contributed by atoms with Gasteiger partial charge in [0.1, 0.15) is 0 Å². The van der Waals surface area contributed by atoms with E-state index in [9.17, 15) is 0 Å². The normalized spacial score (nSPS) is 15.1. The average molecular weight is 476 g/mol. The molecule has 0 N–H and O–H groups in total. The largest absolute Gasteiger partial charge is 0.340 e. The van der Waals surface area contributed by atoms with Crippen molar-refractivity contribution in [2.45, 2.75) is 38.6 Å². The van der Waals surface area contributed by atoms with Crippen molar-refractivity contribution in [3.05, 3.63) is 84.4 Å². The molecule has 3 nitrogen and oxygen atoms in total. The van der Waals surface area contributed by atoms with E-state index >= 15 is 0 Å². The number of aromatic nitrogens is 1. The van der Waals surface area contributed by atoms with Crippen LogP contribution in [0.2, 0.25) is 0 Å². The van der Waals surface area contributed by atoms with Gasteiger partial charge in [0, 0.05) is 54.5 Å². The molecule has 2 heterocycles. The van der Waals surface area contributed by atoms with Gasteiger partial charge in [0.2, 0.25) is 0 Å². The van der Waals surface area contributed by atoms with Crippen LogP contribution in [0.4, 0.5) is 0 Å². The monoisotopic (exact) mass is 475 g/mol. The van der Waals surface area contributed by atoms with E-state index in [2.05, 4.69) is 93.2 Å². The first-order valence-corrected chi connectivity index (χ1v) is 12.8. The lowest BCUT2D eigenvalue weighted by Crippen LogP contribution is -2.46. The van der Waals surface area contributed by atoms with E-state index in [0.29, 0.717) is 0 Å². The Morgan fingerprint density at radius 3 is 1.56 bits per heavy atom. The molecule has 1 aliphatic rings. The van der Waals surface area contributed by atoms with E-state index in [4.69, 9.17) is 0 Å². The zero-order valence-electron chi connectivity index (χ0n) is 20.2. The fraction of sp³-hybridized carbons (Fsp3) is 0.400. The second kappa shape index (κ2) is 12.4. The number of rotatable bonds is 10. The van der Waals surface area contributed by atoms with Gasteiger partial charge in [-0.25, -0.2) is 0 Å². The summed E-state index contributed by atoms with van der Waals surface area (Å²) in [7, 11) is 0. The van der Waals surface area contributed by atoms with Crippen molar-refractivity contribution in [2.24, 2.45) is 0 Å². The molecule has 0 amide bonds. The summed E-state index contributed by atoms with van der Waals surface area (Å²) in [5.74, 6) is 0. The Morgan fingerprint density at radius 1 is 0.500 bits per heavy atom. The van der Waals surface area contributed by atoms with Crippen LogP contribution in [0.25, 0.3) is 21.8 Å². The molecular formula is C30H38ClN3. The predicted molar refractivity (Wildman–Crippen MR) is 148 cm³/mol. The second-order valence-electron chi connectivity index (χ2n) is 9.52. The molecule has 4 heteroatoms. The zero-order chi connectivity index (χ0) is 22.3. The van der Waals surface area contributed by atoms with Gasteiger partial charge in [0.15, 0.2) is 0 Å². The minimum Gasteiger partial charge on any atom is -0.340 e. The molecule has 180 valence electrons. The lowest BCUT2D eigenvalue weighted by molar-refractivity contribution is 0.129. The van der Waals surface area contributed by atoms with Crippen LogP contribution in [-0.2, 0) is 13.0 Å². The number of hydrogen-bond donors (Lipinski definition) is 0. The average Bonchev–Trinajstić information content (AvgIpc) is 3.20. The number of nitrogens with zero attached hydrogens (tertiary/aromatic N) is 3. The zero-order valence-corrected chi connectivity index (χ0v) is 21.1. The lowest BCUT2D eigenvalue weighted by atomic mass is 10.1. The maximum atomic E-state index is 2.67. The van der Waals surface area contributed by atoms with Crippen LogP contribution < -0.4 is 0 Å². The summed E-state index contributed by atoms with van der Waals surface area (Å²) in [6.45, 7) is 8.53. The standard InChI is InChI=1S/C30H37N3.ClH/c1-2-12-26(13-3-1)14-8-9-19-31-22-24-32(25-23-31)20-10-11-21-33-29-17-6-4-15-27(29)28-16-5-7-18-30(28)33;/h1-7,12-13,15-18H,8-11,14,19-25H2;1H. The summed E-state index contributed by atoms with van der Waals surface area (Å²) in [4.78, 5) is 5.34. The number of unbranched alkanes of at least 4 members (excludes halogenated alkanes) is 2. The summed E-state index contributed by atoms with van der Waals surface area (Å²) < 4.78 is 2.53. The number of hydrogen-bond acceptors (Lipinski definition) is 2. The molecule has 5 rings (SSSR count).